The summed E-state index contributed by atoms with van der Waals surface area (Å²) < 4.78 is 26.8. The van der Waals surface area contributed by atoms with Crippen molar-refractivity contribution in [2.45, 2.75) is 38.0 Å². The Morgan fingerprint density at radius 1 is 0.800 bits per heavy atom. The third-order valence-electron chi connectivity index (χ3n) is 4.58. The maximum Gasteiger partial charge on any atom is 0.123 e. The molecule has 0 radical (unpaired) electrons. The quantitative estimate of drug-likeness (QED) is 0.689. The van der Waals surface area contributed by atoms with Crippen molar-refractivity contribution < 1.29 is 8.78 Å². The van der Waals surface area contributed by atoms with Crippen molar-refractivity contribution in [1.29, 1.82) is 0 Å². The molecule has 0 bridgehead atoms. The van der Waals surface area contributed by atoms with Crippen LogP contribution in [0.4, 0.5) is 8.78 Å². The summed E-state index contributed by atoms with van der Waals surface area (Å²) in [6.07, 6.45) is 0.893. The van der Waals surface area contributed by atoms with Crippen LogP contribution in [-0.4, -0.2) is 0 Å². The van der Waals surface area contributed by atoms with E-state index in [1.54, 1.807) is 6.07 Å². The summed E-state index contributed by atoms with van der Waals surface area (Å²) in [5.41, 5.74) is 2.97. The fourth-order valence-electron chi connectivity index (χ4n) is 3.71. The maximum atomic E-state index is 13.7. The molecule has 3 rings (SSSR count). The van der Waals surface area contributed by atoms with E-state index in [9.17, 15) is 8.78 Å². The second-order valence-electron chi connectivity index (χ2n) is 6.59. The van der Waals surface area contributed by atoms with Crippen LogP contribution < -0.4 is 0 Å². The van der Waals surface area contributed by atoms with E-state index in [0.29, 0.717) is 0 Å². The van der Waals surface area contributed by atoms with Gasteiger partial charge in [0.05, 0.1) is 0 Å². The lowest BCUT2D eigenvalue weighted by Crippen LogP contribution is -2.23. The van der Waals surface area contributed by atoms with E-state index < -0.39 is 0 Å². The molecule has 0 heterocycles. The molecule has 0 amide bonds. The molecule has 0 fully saturated rings. The van der Waals surface area contributed by atoms with E-state index >= 15 is 0 Å². The number of hydrogen-bond donors (Lipinski definition) is 0. The van der Waals surface area contributed by atoms with E-state index in [1.165, 1.54) is 23.8 Å². The minimum Gasteiger partial charge on any atom is -0.207 e. The predicted octanol–water partition coefficient (Wildman–Crippen LogP) is 4.95. The molecule has 1 aliphatic rings. The van der Waals surface area contributed by atoms with Crippen LogP contribution in [0.3, 0.4) is 0 Å². The van der Waals surface area contributed by atoms with Gasteiger partial charge < -0.3 is 0 Å². The molecule has 2 aromatic carbocycles. The van der Waals surface area contributed by atoms with Crippen molar-refractivity contribution in [3.63, 3.8) is 0 Å². The Bertz CT molecular complexity index is 656. The van der Waals surface area contributed by atoms with Crippen LogP contribution >= 0.6 is 0 Å². The summed E-state index contributed by atoms with van der Waals surface area (Å²) in [5.74, 6) is -0.455. The zero-order chi connectivity index (χ0) is 14.5. The summed E-state index contributed by atoms with van der Waals surface area (Å²) in [5, 5.41) is 0. The molecule has 0 aromatic heterocycles. The first-order chi connectivity index (χ1) is 9.33. The summed E-state index contributed by atoms with van der Waals surface area (Å²) in [6, 6.07) is 11.6. The van der Waals surface area contributed by atoms with Crippen molar-refractivity contribution in [2.24, 2.45) is 0 Å². The van der Waals surface area contributed by atoms with E-state index in [-0.39, 0.29) is 22.5 Å². The minimum atomic E-state index is -0.269. The van der Waals surface area contributed by atoms with Crippen LogP contribution in [0.1, 0.15) is 43.9 Å². The van der Waals surface area contributed by atoms with Gasteiger partial charge in [0.25, 0.3) is 0 Å². The van der Waals surface area contributed by atoms with Gasteiger partial charge in [0.15, 0.2) is 0 Å². The fraction of sp³-hybridized carbons (Fsp3) is 0.333. The van der Waals surface area contributed by atoms with Gasteiger partial charge in [0.2, 0.25) is 0 Å². The van der Waals surface area contributed by atoms with Crippen LogP contribution in [0, 0.1) is 11.6 Å². The summed E-state index contributed by atoms with van der Waals surface area (Å²) in [7, 11) is 0. The molecule has 0 nitrogen and oxygen atoms in total. The number of hydrogen-bond acceptors (Lipinski definition) is 0. The third-order valence-corrected chi connectivity index (χ3v) is 4.58. The SMILES string of the molecule is CC1(C)CC(C)(c2ccc(F)cc2)c2cc(F)ccc21. The average Bonchev–Trinajstić information content (AvgIpc) is 2.58. The molecule has 1 atom stereocenters. The molecule has 0 aliphatic heterocycles. The highest BCUT2D eigenvalue weighted by Crippen LogP contribution is 2.52. The highest BCUT2D eigenvalue weighted by atomic mass is 19.1. The Morgan fingerprint density at radius 2 is 1.40 bits per heavy atom. The first-order valence-electron chi connectivity index (χ1n) is 6.89. The van der Waals surface area contributed by atoms with Crippen LogP contribution in [0.15, 0.2) is 42.5 Å². The molecular formula is C18H18F2. The fourth-order valence-corrected chi connectivity index (χ4v) is 3.71. The van der Waals surface area contributed by atoms with Gasteiger partial charge in [0, 0.05) is 5.41 Å². The first-order valence-corrected chi connectivity index (χ1v) is 6.89. The highest BCUT2D eigenvalue weighted by molar-refractivity contribution is 5.51. The standard InChI is InChI=1S/C18H18F2/c1-17(2)11-18(3,12-4-6-13(19)7-5-12)16-10-14(20)8-9-15(16)17/h4-10H,11H2,1-3H3. The normalized spacial score (nSPS) is 23.6. The largest absolute Gasteiger partial charge is 0.207 e. The molecule has 104 valence electrons. The van der Waals surface area contributed by atoms with Gasteiger partial charge in [-0.3, -0.25) is 0 Å². The van der Waals surface area contributed by atoms with E-state index in [0.717, 1.165) is 17.5 Å². The minimum absolute atomic E-state index is 0.00777. The Kier molecular flexibility index (Phi) is 2.75. The maximum absolute atomic E-state index is 13.7. The van der Waals surface area contributed by atoms with Gasteiger partial charge in [0.1, 0.15) is 11.6 Å². The van der Waals surface area contributed by atoms with Gasteiger partial charge >= 0.3 is 0 Å². The van der Waals surface area contributed by atoms with Gasteiger partial charge in [-0.15, -0.1) is 0 Å². The van der Waals surface area contributed by atoms with E-state index in [4.69, 9.17) is 0 Å². The molecular weight excluding hydrogens is 254 g/mol. The van der Waals surface area contributed by atoms with E-state index in [2.05, 4.69) is 20.8 Å². The molecule has 0 saturated carbocycles. The Morgan fingerprint density at radius 3 is 2.05 bits per heavy atom. The predicted molar refractivity (Wildman–Crippen MR) is 76.9 cm³/mol. The van der Waals surface area contributed by atoms with E-state index in [1.807, 2.05) is 18.2 Å². The lowest BCUT2D eigenvalue weighted by molar-refractivity contribution is 0.424. The van der Waals surface area contributed by atoms with Crippen molar-refractivity contribution in [3.05, 3.63) is 70.8 Å². The van der Waals surface area contributed by atoms with Crippen LogP contribution in [-0.2, 0) is 10.8 Å². The molecule has 1 unspecified atom stereocenters. The number of rotatable bonds is 1. The van der Waals surface area contributed by atoms with Crippen molar-refractivity contribution >= 4 is 0 Å². The summed E-state index contributed by atoms with van der Waals surface area (Å²) in [6.45, 7) is 6.48. The lowest BCUT2D eigenvalue weighted by atomic mass is 9.75. The average molecular weight is 272 g/mol. The van der Waals surface area contributed by atoms with Crippen LogP contribution in [0.5, 0.6) is 0 Å². The van der Waals surface area contributed by atoms with Gasteiger partial charge in [-0.1, -0.05) is 39.0 Å². The Balaban J connectivity index is 2.21. The van der Waals surface area contributed by atoms with Crippen molar-refractivity contribution in [3.8, 4) is 0 Å². The summed E-state index contributed by atoms with van der Waals surface area (Å²) >= 11 is 0. The van der Waals surface area contributed by atoms with Gasteiger partial charge in [-0.2, -0.15) is 0 Å². The number of benzene rings is 2. The Hall–Kier alpha value is -1.70. The number of fused-ring (bicyclic) bond motifs is 1. The highest BCUT2D eigenvalue weighted by Gasteiger charge is 2.45. The first kappa shape index (κ1) is 13.3. The second kappa shape index (κ2) is 4.15. The zero-order valence-electron chi connectivity index (χ0n) is 12.0. The zero-order valence-corrected chi connectivity index (χ0v) is 12.0. The lowest BCUT2D eigenvalue weighted by Gasteiger charge is -2.28. The molecule has 2 aromatic rings. The third kappa shape index (κ3) is 1.86. The topological polar surface area (TPSA) is 0 Å². The summed E-state index contributed by atoms with van der Waals surface area (Å²) in [4.78, 5) is 0. The van der Waals surface area contributed by atoms with Gasteiger partial charge in [-0.05, 0) is 52.8 Å². The molecule has 2 heteroatoms. The van der Waals surface area contributed by atoms with Crippen LogP contribution in [0.2, 0.25) is 0 Å². The molecule has 0 spiro atoms. The van der Waals surface area contributed by atoms with Crippen molar-refractivity contribution in [1.82, 2.24) is 0 Å². The smallest absolute Gasteiger partial charge is 0.123 e. The number of halogens is 2. The molecule has 20 heavy (non-hydrogen) atoms. The molecule has 1 aliphatic carbocycles. The molecule has 0 N–H and O–H groups in total. The monoisotopic (exact) mass is 272 g/mol. The molecule has 0 saturated heterocycles. The Labute approximate surface area is 118 Å². The second-order valence-corrected chi connectivity index (χ2v) is 6.59. The van der Waals surface area contributed by atoms with Gasteiger partial charge in [-0.25, -0.2) is 8.78 Å². The van der Waals surface area contributed by atoms with Crippen molar-refractivity contribution in [2.75, 3.05) is 0 Å². The van der Waals surface area contributed by atoms with Crippen LogP contribution in [0.25, 0.3) is 0 Å².